The van der Waals surface area contributed by atoms with E-state index in [1.807, 2.05) is 0 Å². The fraction of sp³-hybridized carbons (Fsp3) is 1.00. The van der Waals surface area contributed by atoms with Crippen LogP contribution >= 0.6 is 0 Å². The fourth-order valence-electron chi connectivity index (χ4n) is 3.93. The van der Waals surface area contributed by atoms with Crippen LogP contribution in [0.3, 0.4) is 0 Å². The summed E-state index contributed by atoms with van der Waals surface area (Å²) in [5.41, 5.74) is 0. The van der Waals surface area contributed by atoms with Gasteiger partial charge < -0.3 is 23.0 Å². The fourth-order valence-corrected chi connectivity index (χ4v) is 18.2. The van der Waals surface area contributed by atoms with Gasteiger partial charge in [0.25, 0.3) is 0 Å². The molecule has 187 valence electrons. The summed E-state index contributed by atoms with van der Waals surface area (Å²) in [5.74, 6) is 0. The molecule has 0 saturated heterocycles. The molecule has 0 N–H and O–H groups in total. The highest BCUT2D eigenvalue weighted by Crippen LogP contribution is 2.19. The van der Waals surface area contributed by atoms with Crippen LogP contribution in [0.15, 0.2) is 0 Å². The van der Waals surface area contributed by atoms with Crippen LogP contribution in [0.2, 0.25) is 72.0 Å². The molecule has 0 amide bonds. The molecule has 5 nitrogen and oxygen atoms in total. The van der Waals surface area contributed by atoms with Crippen LogP contribution in [-0.4, -0.2) is 101 Å². The average Bonchev–Trinajstić information content (AvgIpc) is 2.57. The molecule has 0 atom stereocenters. The molecular weight excluding hydrogens is 453 g/mol. The van der Waals surface area contributed by atoms with Gasteiger partial charge in [0.2, 0.25) is 0 Å². The monoisotopic (exact) mass is 507 g/mol. The standard InChI is InChI=1S/C22H55N2O3Si4/c1-28(2)22-23(29(3,4)5)14-12-16-25-18-20-27-21-19-26-17-13-15-24(30(6,7)8)31(9,10)11/h12-22H2,1-11H3. The van der Waals surface area contributed by atoms with Crippen molar-refractivity contribution in [2.75, 3.05) is 58.9 Å². The second-order valence-electron chi connectivity index (χ2n) is 11.8. The third kappa shape index (κ3) is 16.9. The lowest BCUT2D eigenvalue weighted by Gasteiger charge is -2.43. The van der Waals surface area contributed by atoms with Crippen molar-refractivity contribution in [3.8, 4) is 0 Å². The van der Waals surface area contributed by atoms with Gasteiger partial charge in [0, 0.05) is 13.2 Å². The van der Waals surface area contributed by atoms with Crippen molar-refractivity contribution in [2.24, 2.45) is 0 Å². The van der Waals surface area contributed by atoms with Gasteiger partial charge in [-0.05, 0) is 32.1 Å². The molecule has 0 aliphatic carbocycles. The minimum absolute atomic E-state index is 0.209. The second-order valence-corrected chi connectivity index (χ2v) is 29.8. The largest absolute Gasteiger partial charge is 0.379 e. The Hall–Kier alpha value is 0.668. The molecule has 1 radical (unpaired) electrons. The predicted molar refractivity (Wildman–Crippen MR) is 147 cm³/mol. The SMILES string of the molecule is C[Si](C)CN(CCCOCCOCCOCCCN([Si](C)(C)C)[Si](C)(C)C)[Si](C)(C)C. The van der Waals surface area contributed by atoms with E-state index < -0.39 is 24.7 Å². The van der Waals surface area contributed by atoms with E-state index in [9.17, 15) is 0 Å². The van der Waals surface area contributed by atoms with E-state index in [4.69, 9.17) is 14.2 Å². The van der Waals surface area contributed by atoms with Crippen LogP contribution in [0.5, 0.6) is 0 Å². The second kappa shape index (κ2) is 15.5. The Kier molecular flexibility index (Phi) is 15.9. The molecular formula is C22H55N2O3Si4. The Morgan fingerprint density at radius 1 is 0.548 bits per heavy atom. The van der Waals surface area contributed by atoms with Gasteiger partial charge in [0.05, 0.1) is 35.2 Å². The summed E-state index contributed by atoms with van der Waals surface area (Å²) in [7, 11) is -3.91. The van der Waals surface area contributed by atoms with E-state index in [0.717, 1.165) is 26.1 Å². The minimum Gasteiger partial charge on any atom is -0.379 e. The van der Waals surface area contributed by atoms with Gasteiger partial charge in [-0.15, -0.1) is 0 Å². The minimum atomic E-state index is -1.24. The number of nitrogens with zero attached hydrogens (tertiary/aromatic N) is 2. The van der Waals surface area contributed by atoms with Crippen LogP contribution in [0.4, 0.5) is 0 Å². The first kappa shape index (κ1) is 31.7. The third-order valence-corrected chi connectivity index (χ3v) is 16.5. The molecule has 0 aromatic carbocycles. The van der Waals surface area contributed by atoms with Crippen molar-refractivity contribution in [1.29, 1.82) is 0 Å². The van der Waals surface area contributed by atoms with E-state index in [-0.39, 0.29) is 8.80 Å². The van der Waals surface area contributed by atoms with E-state index in [2.05, 4.69) is 80.8 Å². The first-order valence-corrected chi connectivity index (χ1v) is 25.3. The molecule has 31 heavy (non-hydrogen) atoms. The van der Waals surface area contributed by atoms with Gasteiger partial charge in [-0.3, -0.25) is 0 Å². The molecule has 0 saturated carbocycles. The molecule has 0 rings (SSSR count). The maximum atomic E-state index is 5.78. The van der Waals surface area contributed by atoms with Crippen molar-refractivity contribution in [3.63, 3.8) is 0 Å². The first-order valence-electron chi connectivity index (χ1n) is 12.2. The molecule has 0 aliphatic heterocycles. The first-order chi connectivity index (χ1) is 14.2. The zero-order valence-corrected chi connectivity index (χ0v) is 26.9. The quantitative estimate of drug-likeness (QED) is 0.177. The summed E-state index contributed by atoms with van der Waals surface area (Å²) in [6.45, 7) is 33.6. The lowest BCUT2D eigenvalue weighted by Crippen LogP contribution is -2.59. The summed E-state index contributed by atoms with van der Waals surface area (Å²) >= 11 is 0. The van der Waals surface area contributed by atoms with E-state index in [1.165, 1.54) is 19.3 Å². The summed E-state index contributed by atoms with van der Waals surface area (Å²) in [6, 6.07) is 0. The lowest BCUT2D eigenvalue weighted by molar-refractivity contribution is 0.0131. The van der Waals surface area contributed by atoms with Crippen molar-refractivity contribution < 1.29 is 14.2 Å². The van der Waals surface area contributed by atoms with Gasteiger partial charge >= 0.3 is 0 Å². The molecule has 0 spiro atoms. The molecule has 9 heteroatoms. The molecule has 0 unspecified atom stereocenters. The van der Waals surface area contributed by atoms with E-state index >= 15 is 0 Å². The zero-order valence-electron chi connectivity index (χ0n) is 22.9. The van der Waals surface area contributed by atoms with Gasteiger partial charge in [0.1, 0.15) is 24.7 Å². The normalized spacial score (nSPS) is 13.7. The van der Waals surface area contributed by atoms with Crippen molar-refractivity contribution in [2.45, 2.75) is 84.9 Å². The van der Waals surface area contributed by atoms with Crippen LogP contribution in [0, 0.1) is 0 Å². The van der Waals surface area contributed by atoms with Crippen LogP contribution in [0.25, 0.3) is 0 Å². The number of hydrogen-bond acceptors (Lipinski definition) is 5. The average molecular weight is 508 g/mol. The molecule has 0 aromatic rings. The predicted octanol–water partition coefficient (Wildman–Crippen LogP) is 5.22. The maximum Gasteiger partial charge on any atom is 0.118 e. The van der Waals surface area contributed by atoms with Gasteiger partial charge in [-0.1, -0.05) is 72.0 Å². The Bertz CT molecular complexity index is 436. The lowest BCUT2D eigenvalue weighted by atomic mass is 10.4. The topological polar surface area (TPSA) is 34.2 Å². The van der Waals surface area contributed by atoms with Gasteiger partial charge in [-0.25, -0.2) is 0 Å². The smallest absolute Gasteiger partial charge is 0.118 e. The summed E-state index contributed by atoms with van der Waals surface area (Å²) in [4.78, 5) is 0. The highest BCUT2D eigenvalue weighted by molar-refractivity contribution is 6.89. The third-order valence-electron chi connectivity index (χ3n) is 5.21. The maximum absolute atomic E-state index is 5.78. The summed E-state index contributed by atoms with van der Waals surface area (Å²) in [5, 5.41) is 0. The number of rotatable bonds is 19. The van der Waals surface area contributed by atoms with Crippen molar-refractivity contribution in [1.82, 2.24) is 8.80 Å². The van der Waals surface area contributed by atoms with Crippen LogP contribution in [-0.2, 0) is 14.2 Å². The van der Waals surface area contributed by atoms with Crippen molar-refractivity contribution in [3.05, 3.63) is 0 Å². The van der Waals surface area contributed by atoms with E-state index in [0.29, 0.717) is 26.4 Å². The Balaban J connectivity index is 3.68. The van der Waals surface area contributed by atoms with E-state index in [1.54, 1.807) is 0 Å². The molecule has 0 fully saturated rings. The molecule has 0 heterocycles. The number of hydrogen-bond donors (Lipinski definition) is 0. The van der Waals surface area contributed by atoms with Crippen LogP contribution in [0.1, 0.15) is 12.8 Å². The zero-order chi connectivity index (χ0) is 24.1. The molecule has 0 bridgehead atoms. The van der Waals surface area contributed by atoms with Crippen LogP contribution < -0.4 is 0 Å². The number of ether oxygens (including phenoxy) is 3. The Morgan fingerprint density at radius 3 is 1.29 bits per heavy atom. The Morgan fingerprint density at radius 2 is 0.935 bits per heavy atom. The van der Waals surface area contributed by atoms with Crippen molar-refractivity contribution >= 4 is 33.5 Å². The van der Waals surface area contributed by atoms with Gasteiger partial charge in [-0.2, -0.15) is 0 Å². The Labute approximate surface area is 200 Å². The van der Waals surface area contributed by atoms with Gasteiger partial charge in [0.15, 0.2) is 0 Å². The highest BCUT2D eigenvalue weighted by Gasteiger charge is 2.33. The molecule has 0 aliphatic rings. The molecule has 0 aromatic heterocycles. The summed E-state index contributed by atoms with van der Waals surface area (Å²) < 4.78 is 22.8. The highest BCUT2D eigenvalue weighted by atomic mass is 28.4. The summed E-state index contributed by atoms with van der Waals surface area (Å²) in [6.07, 6.45) is 3.54.